The van der Waals surface area contributed by atoms with E-state index in [-0.39, 0.29) is 29.9 Å². The third kappa shape index (κ3) is 8.14. The Morgan fingerprint density at radius 1 is 0.689 bits per heavy atom. The zero-order valence-electron chi connectivity index (χ0n) is 30.6. The number of carboxylic acids is 1. The molecule has 316 valence electrons. The molecule has 1 aromatic heterocycles. The first-order valence-corrected chi connectivity index (χ1v) is 23.3. The van der Waals surface area contributed by atoms with Crippen LogP contribution in [-0.4, -0.2) is 80.9 Å². The van der Waals surface area contributed by atoms with E-state index in [0.717, 1.165) is 10.8 Å². The molecule has 23 heteroatoms. The molecule has 7 rings (SSSR count). The number of aromatic amines is 1. The van der Waals surface area contributed by atoms with Crippen molar-refractivity contribution in [2.75, 3.05) is 11.1 Å². The van der Waals surface area contributed by atoms with Crippen molar-refractivity contribution in [3.63, 3.8) is 0 Å². The van der Waals surface area contributed by atoms with Crippen LogP contribution in [0.3, 0.4) is 0 Å². The molecule has 0 fully saturated rings. The Labute approximate surface area is 344 Å². The molecule has 0 spiro atoms. The lowest BCUT2D eigenvalue weighted by Gasteiger charge is -2.25. The van der Waals surface area contributed by atoms with Crippen LogP contribution in [0.2, 0.25) is 0 Å². The number of pyridine rings is 1. The summed E-state index contributed by atoms with van der Waals surface area (Å²) in [6.07, 6.45) is -1.21. The molecular formula is C38H28N2O17S4. The molecule has 1 aliphatic carbocycles. The quantitative estimate of drug-likeness (QED) is 0.0691. The third-order valence-corrected chi connectivity index (χ3v) is 14.0. The van der Waals surface area contributed by atoms with E-state index in [1.807, 2.05) is 18.2 Å². The van der Waals surface area contributed by atoms with Crippen molar-refractivity contribution in [2.45, 2.75) is 39.0 Å². The normalized spacial score (nSPS) is 12.9. The molecule has 6 N–H and O–H groups in total. The van der Waals surface area contributed by atoms with Gasteiger partial charge >= 0.3 is 11.9 Å². The first-order valence-electron chi connectivity index (χ1n) is 17.4. The van der Waals surface area contributed by atoms with Crippen molar-refractivity contribution in [1.82, 2.24) is 4.98 Å². The van der Waals surface area contributed by atoms with Crippen molar-refractivity contribution in [3.05, 3.63) is 118 Å². The van der Waals surface area contributed by atoms with E-state index in [1.165, 1.54) is 24.3 Å². The van der Waals surface area contributed by atoms with E-state index in [2.05, 4.69) is 10.3 Å². The number of hydrogen-bond acceptors (Lipinski definition) is 14. The van der Waals surface area contributed by atoms with Crippen molar-refractivity contribution < 1.29 is 71.6 Å². The molecule has 0 radical (unpaired) electrons. The number of ketones is 1. The number of nitrogens with one attached hydrogen (secondary N) is 2. The van der Waals surface area contributed by atoms with Gasteiger partial charge in [-0.05, 0) is 52.6 Å². The van der Waals surface area contributed by atoms with E-state index in [4.69, 9.17) is 9.84 Å². The topological polar surface area (TPSA) is 323 Å². The second-order valence-corrected chi connectivity index (χ2v) is 19.8. The van der Waals surface area contributed by atoms with Gasteiger partial charge in [0.25, 0.3) is 35.9 Å². The Morgan fingerprint density at radius 3 is 1.89 bits per heavy atom. The molecule has 0 saturated heterocycles. The predicted octanol–water partition coefficient (Wildman–Crippen LogP) is 4.37. The molecule has 0 unspecified atom stereocenters. The standard InChI is InChI=1S/C38H28N2O17S4/c41-29(42)10-5-13-58(46,47)22-15-26(59(48,49)50)34(27(16-22)60(51,52)53)39-25-17-28(61(54,55)56)35-32-30(23-8-3-4-9-24(23)36(43)31(25)32)33(37(44)40-35)38(45)57-18-19-11-12-20-6-1-2-7-21(20)14-19/h1-4,6-9,11-12,14-17,39H,5,10,13,18H2,(H,40,44)(H,41,42)(H,48,49,50)(H,51,52,53)(H,54,55,56). The Hall–Kier alpha value is -6.34. The number of esters is 1. The molecule has 0 aliphatic heterocycles. The minimum atomic E-state index is -5.73. The van der Waals surface area contributed by atoms with Crippen LogP contribution in [0.4, 0.5) is 11.4 Å². The summed E-state index contributed by atoms with van der Waals surface area (Å²) in [6, 6.07) is 18.8. The molecule has 1 heterocycles. The fourth-order valence-corrected chi connectivity index (χ4v) is 10.6. The first kappa shape index (κ1) is 42.8. The smallest absolute Gasteiger partial charge is 0.344 e. The van der Waals surface area contributed by atoms with Crippen LogP contribution >= 0.6 is 0 Å². The van der Waals surface area contributed by atoms with Gasteiger partial charge in [0.1, 0.15) is 26.9 Å². The minimum absolute atomic E-state index is 0.109. The van der Waals surface area contributed by atoms with Crippen molar-refractivity contribution in [2.24, 2.45) is 0 Å². The Balaban J connectivity index is 1.49. The highest BCUT2D eigenvalue weighted by Gasteiger charge is 2.38. The Morgan fingerprint density at radius 2 is 1.28 bits per heavy atom. The number of aliphatic carboxylic acids is 1. The molecule has 0 amide bonds. The lowest BCUT2D eigenvalue weighted by Crippen LogP contribution is -2.26. The first-order chi connectivity index (χ1) is 28.5. The molecule has 19 nitrogen and oxygen atoms in total. The summed E-state index contributed by atoms with van der Waals surface area (Å²) in [4.78, 5) is 50.0. The number of aromatic nitrogens is 1. The van der Waals surface area contributed by atoms with Crippen LogP contribution in [0.25, 0.3) is 32.8 Å². The van der Waals surface area contributed by atoms with Gasteiger partial charge < -0.3 is 20.1 Å². The Bertz CT molecular complexity index is 3400. The van der Waals surface area contributed by atoms with E-state index >= 15 is 0 Å². The number of sulfone groups is 1. The van der Waals surface area contributed by atoms with Crippen LogP contribution in [0.15, 0.2) is 109 Å². The molecule has 0 saturated carbocycles. The molecular weight excluding hydrogens is 885 g/mol. The molecule has 0 atom stereocenters. The number of anilines is 2. The van der Waals surface area contributed by atoms with Gasteiger partial charge in [-0.15, -0.1) is 0 Å². The molecule has 0 bridgehead atoms. The summed E-state index contributed by atoms with van der Waals surface area (Å²) in [7, 11) is -21.7. The highest BCUT2D eigenvalue weighted by Crippen LogP contribution is 2.46. The zero-order valence-corrected chi connectivity index (χ0v) is 33.9. The monoisotopic (exact) mass is 912 g/mol. The largest absolute Gasteiger partial charge is 0.481 e. The second-order valence-electron chi connectivity index (χ2n) is 13.5. The van der Waals surface area contributed by atoms with Crippen molar-refractivity contribution in [3.8, 4) is 11.1 Å². The van der Waals surface area contributed by atoms with Gasteiger partial charge in [-0.25, -0.2) is 13.2 Å². The maximum absolute atomic E-state index is 14.4. The number of H-pyrrole nitrogens is 1. The number of carbonyl (C=O) groups is 3. The lowest BCUT2D eigenvalue weighted by atomic mass is 9.81. The number of carboxylic acid groups (broad SMARTS) is 1. The van der Waals surface area contributed by atoms with Crippen LogP contribution in [0.1, 0.15) is 44.7 Å². The summed E-state index contributed by atoms with van der Waals surface area (Å²) in [5.74, 6) is -4.66. The summed E-state index contributed by atoms with van der Waals surface area (Å²) >= 11 is 0. The fraction of sp³-hybridized carbons (Fsp3) is 0.105. The van der Waals surface area contributed by atoms with Crippen LogP contribution in [-0.2, 0) is 56.3 Å². The third-order valence-electron chi connectivity index (χ3n) is 9.61. The van der Waals surface area contributed by atoms with Crippen LogP contribution < -0.4 is 10.9 Å². The van der Waals surface area contributed by atoms with Gasteiger partial charge in [-0.3, -0.25) is 28.0 Å². The highest BCUT2D eigenvalue weighted by atomic mass is 32.2. The summed E-state index contributed by atoms with van der Waals surface area (Å²) in [6.45, 7) is -0.381. The van der Waals surface area contributed by atoms with Gasteiger partial charge in [0.05, 0.1) is 33.1 Å². The summed E-state index contributed by atoms with van der Waals surface area (Å²) in [5.41, 5.74) is -5.88. The highest BCUT2D eigenvalue weighted by molar-refractivity contribution is 7.91. The number of fused-ring (bicyclic) bond motifs is 3. The maximum atomic E-state index is 14.4. The fourth-order valence-electron chi connectivity index (χ4n) is 6.97. The lowest BCUT2D eigenvalue weighted by molar-refractivity contribution is -0.137. The SMILES string of the molecule is O=C(O)CCCS(=O)(=O)c1cc(S(=O)(=O)O)c(Nc2cc(S(=O)(=O)O)c3[nH]c(=O)c(C(=O)OCc4ccc5ccccc5c4)c4c3c2C(=O)c2ccccc2-4)c(S(=O)(=O)O)c1. The van der Waals surface area contributed by atoms with Crippen molar-refractivity contribution in [1.29, 1.82) is 0 Å². The number of benzene rings is 5. The number of carbonyl (C=O) groups excluding carboxylic acids is 2. The van der Waals surface area contributed by atoms with E-state index in [1.54, 1.807) is 24.3 Å². The predicted molar refractivity (Wildman–Crippen MR) is 215 cm³/mol. The second kappa shape index (κ2) is 15.3. The van der Waals surface area contributed by atoms with Gasteiger partial charge in [0, 0.05) is 22.9 Å². The van der Waals surface area contributed by atoms with Crippen molar-refractivity contribution >= 4 is 91.0 Å². The number of ether oxygens (including phenoxy) is 1. The van der Waals surface area contributed by atoms with Gasteiger partial charge in [0.2, 0.25) is 0 Å². The molecule has 1 aliphatic rings. The maximum Gasteiger partial charge on any atom is 0.344 e. The number of rotatable bonds is 13. The van der Waals surface area contributed by atoms with E-state index in [0.29, 0.717) is 11.6 Å². The minimum Gasteiger partial charge on any atom is -0.481 e. The molecule has 5 aromatic carbocycles. The average molecular weight is 913 g/mol. The Kier molecular flexibility index (Phi) is 10.7. The van der Waals surface area contributed by atoms with Crippen LogP contribution in [0.5, 0.6) is 0 Å². The van der Waals surface area contributed by atoms with Gasteiger partial charge in [-0.2, -0.15) is 25.3 Å². The molecule has 61 heavy (non-hydrogen) atoms. The van der Waals surface area contributed by atoms with Crippen LogP contribution in [0, 0.1) is 0 Å². The average Bonchev–Trinajstić information content (AvgIpc) is 3.17. The number of hydrogen-bond donors (Lipinski definition) is 6. The summed E-state index contributed by atoms with van der Waals surface area (Å²) in [5, 5.41) is 12.3. The van der Waals surface area contributed by atoms with E-state index in [9.17, 15) is 66.5 Å². The van der Waals surface area contributed by atoms with Gasteiger partial charge in [-0.1, -0.05) is 60.7 Å². The van der Waals surface area contributed by atoms with E-state index < -0.39 is 141 Å². The molecule has 6 aromatic rings. The van der Waals surface area contributed by atoms with Gasteiger partial charge in [0.15, 0.2) is 15.6 Å². The zero-order chi connectivity index (χ0) is 44.4. The summed E-state index contributed by atoms with van der Waals surface area (Å²) < 4.78 is 140.